The number of rotatable bonds is 5. The third-order valence-electron chi connectivity index (χ3n) is 6.57. The van der Waals surface area contributed by atoms with Crippen LogP contribution in [0.1, 0.15) is 75.0 Å². The van der Waals surface area contributed by atoms with E-state index in [1.54, 1.807) is 12.1 Å². The molecule has 0 bridgehead atoms. The van der Waals surface area contributed by atoms with Crippen molar-refractivity contribution in [2.24, 2.45) is 5.92 Å². The fraction of sp³-hybridized carbons (Fsp3) is 0.636. The molecule has 1 aliphatic heterocycles. The van der Waals surface area contributed by atoms with Crippen molar-refractivity contribution in [3.63, 3.8) is 0 Å². The second-order valence-corrected chi connectivity index (χ2v) is 8.44. The van der Waals surface area contributed by atoms with Crippen molar-refractivity contribution < 1.29 is 9.53 Å². The Kier molecular flexibility index (Phi) is 5.94. The molecule has 2 fully saturated rings. The van der Waals surface area contributed by atoms with Crippen molar-refractivity contribution >= 4 is 5.97 Å². The van der Waals surface area contributed by atoms with Crippen molar-refractivity contribution in [2.45, 2.75) is 64.3 Å². The minimum atomic E-state index is -0.304. The molecule has 1 aliphatic carbocycles. The summed E-state index contributed by atoms with van der Waals surface area (Å²) in [5.41, 5.74) is 1.33. The number of aromatic nitrogens is 4. The van der Waals surface area contributed by atoms with E-state index in [2.05, 4.69) is 27.3 Å². The van der Waals surface area contributed by atoms with Gasteiger partial charge in [-0.1, -0.05) is 13.3 Å². The molecule has 7 nitrogen and oxygen atoms in total. The molecule has 0 atom stereocenters. The summed E-state index contributed by atoms with van der Waals surface area (Å²) in [6.07, 6.45) is 8.38. The van der Waals surface area contributed by atoms with Gasteiger partial charge in [-0.15, -0.1) is 5.10 Å². The van der Waals surface area contributed by atoms with Crippen LogP contribution in [0.25, 0.3) is 5.69 Å². The molecule has 0 unspecified atom stereocenters. The van der Waals surface area contributed by atoms with Crippen molar-refractivity contribution in [1.82, 2.24) is 25.1 Å². The topological polar surface area (TPSA) is 73.1 Å². The molecule has 2 aliphatic rings. The lowest BCUT2D eigenvalue weighted by Gasteiger charge is -2.48. The summed E-state index contributed by atoms with van der Waals surface area (Å²) in [5, 5.41) is 13.0. The number of tetrazole rings is 1. The van der Waals surface area contributed by atoms with Crippen LogP contribution in [0.15, 0.2) is 24.3 Å². The van der Waals surface area contributed by atoms with Gasteiger partial charge in [0.15, 0.2) is 5.82 Å². The van der Waals surface area contributed by atoms with Gasteiger partial charge in [-0.3, -0.25) is 4.90 Å². The van der Waals surface area contributed by atoms with E-state index in [9.17, 15) is 4.79 Å². The van der Waals surface area contributed by atoms with Crippen molar-refractivity contribution in [2.75, 3.05) is 19.7 Å². The molecular formula is C22H31N5O2. The van der Waals surface area contributed by atoms with Gasteiger partial charge in [-0.2, -0.15) is 4.68 Å². The number of piperidine rings is 1. The van der Waals surface area contributed by atoms with Crippen LogP contribution in [0, 0.1) is 5.92 Å². The fourth-order valence-electron chi connectivity index (χ4n) is 4.85. The molecular weight excluding hydrogens is 366 g/mol. The lowest BCUT2D eigenvalue weighted by atomic mass is 9.74. The normalized spacial score (nSPS) is 25.7. The zero-order chi connectivity index (χ0) is 20.3. The van der Waals surface area contributed by atoms with Crippen LogP contribution in [0.3, 0.4) is 0 Å². The first kappa shape index (κ1) is 20.0. The Balaban J connectivity index is 1.68. The average Bonchev–Trinajstić information content (AvgIpc) is 3.26. The Labute approximate surface area is 172 Å². The summed E-state index contributed by atoms with van der Waals surface area (Å²) in [6.45, 7) is 6.75. The van der Waals surface area contributed by atoms with Gasteiger partial charge < -0.3 is 4.74 Å². The molecule has 0 amide bonds. The number of hydrogen-bond donors (Lipinski definition) is 0. The molecule has 1 aromatic heterocycles. The maximum atomic E-state index is 12.0. The maximum absolute atomic E-state index is 12.0. The summed E-state index contributed by atoms with van der Waals surface area (Å²) in [4.78, 5) is 14.6. The third-order valence-corrected chi connectivity index (χ3v) is 6.57. The molecule has 0 spiro atoms. The number of esters is 1. The monoisotopic (exact) mass is 397 g/mol. The Bertz CT molecular complexity index is 818. The largest absolute Gasteiger partial charge is 0.462 e. The Hall–Kier alpha value is -2.28. The number of benzene rings is 1. The van der Waals surface area contributed by atoms with E-state index in [0.717, 1.165) is 43.4 Å². The first-order chi connectivity index (χ1) is 14.1. The van der Waals surface area contributed by atoms with Crippen LogP contribution >= 0.6 is 0 Å². The minimum absolute atomic E-state index is 0.101. The standard InChI is InChI=1S/C22H31N5O2/c1-3-29-20(28)18-7-9-19(10-8-18)27-21(23-24-25-27)22(13-11-17(2)12-14-22)26-15-5-4-6-16-26/h7-10,17H,3-6,11-16H2,1-2H3. The van der Waals surface area contributed by atoms with Crippen LogP contribution in [0.2, 0.25) is 0 Å². The van der Waals surface area contributed by atoms with E-state index >= 15 is 0 Å². The molecule has 2 heterocycles. The first-order valence-electron chi connectivity index (χ1n) is 11.0. The van der Waals surface area contributed by atoms with Gasteiger partial charge in [0.2, 0.25) is 0 Å². The zero-order valence-electron chi connectivity index (χ0n) is 17.5. The highest BCUT2D eigenvalue weighted by molar-refractivity contribution is 5.89. The van der Waals surface area contributed by atoms with E-state index in [-0.39, 0.29) is 11.5 Å². The number of likely N-dealkylation sites (tertiary alicyclic amines) is 1. The Morgan fingerprint density at radius 1 is 1.14 bits per heavy atom. The predicted molar refractivity (Wildman–Crippen MR) is 110 cm³/mol. The Morgan fingerprint density at radius 2 is 1.83 bits per heavy atom. The minimum Gasteiger partial charge on any atom is -0.462 e. The smallest absolute Gasteiger partial charge is 0.338 e. The van der Waals surface area contributed by atoms with Crippen molar-refractivity contribution in [3.05, 3.63) is 35.7 Å². The quantitative estimate of drug-likeness (QED) is 0.716. The van der Waals surface area contributed by atoms with Crippen LogP contribution in [-0.4, -0.2) is 50.8 Å². The predicted octanol–water partition coefficient (Wildman–Crippen LogP) is 3.73. The van der Waals surface area contributed by atoms with Gasteiger partial charge in [0, 0.05) is 0 Å². The lowest BCUT2D eigenvalue weighted by Crippen LogP contribution is -2.52. The van der Waals surface area contributed by atoms with E-state index in [4.69, 9.17) is 4.74 Å². The number of carbonyl (C=O) groups excluding carboxylic acids is 1. The maximum Gasteiger partial charge on any atom is 0.338 e. The molecule has 0 radical (unpaired) electrons. The second-order valence-electron chi connectivity index (χ2n) is 8.44. The second kappa shape index (κ2) is 8.61. The van der Waals surface area contributed by atoms with Gasteiger partial charge in [0.05, 0.1) is 23.4 Å². The van der Waals surface area contributed by atoms with Gasteiger partial charge in [-0.05, 0) is 99.1 Å². The first-order valence-corrected chi connectivity index (χ1v) is 11.0. The zero-order valence-corrected chi connectivity index (χ0v) is 17.5. The summed E-state index contributed by atoms with van der Waals surface area (Å²) in [5.74, 6) is 1.39. The van der Waals surface area contributed by atoms with Gasteiger partial charge >= 0.3 is 5.97 Å². The third kappa shape index (κ3) is 3.92. The number of ether oxygens (including phenoxy) is 1. The van der Waals surface area contributed by atoms with Crippen LogP contribution in [-0.2, 0) is 10.3 Å². The van der Waals surface area contributed by atoms with E-state index < -0.39 is 0 Å². The van der Waals surface area contributed by atoms with Gasteiger partial charge in [0.1, 0.15) is 0 Å². The molecule has 2 aromatic rings. The number of hydrogen-bond acceptors (Lipinski definition) is 6. The molecule has 1 aromatic carbocycles. The lowest BCUT2D eigenvalue weighted by molar-refractivity contribution is 0.0110. The van der Waals surface area contributed by atoms with E-state index in [1.807, 2.05) is 23.7 Å². The SMILES string of the molecule is CCOC(=O)c1ccc(-n2nnnc2C2(N3CCCCC3)CCC(C)CC2)cc1. The number of nitrogens with zero attached hydrogens (tertiary/aromatic N) is 5. The molecule has 0 N–H and O–H groups in total. The summed E-state index contributed by atoms with van der Waals surface area (Å²) >= 11 is 0. The van der Waals surface area contributed by atoms with Gasteiger partial charge in [0.25, 0.3) is 0 Å². The average molecular weight is 398 g/mol. The summed E-state index contributed by atoms with van der Waals surface area (Å²) < 4.78 is 6.96. The highest BCUT2D eigenvalue weighted by Gasteiger charge is 2.45. The fourth-order valence-corrected chi connectivity index (χ4v) is 4.85. The highest BCUT2D eigenvalue weighted by Crippen LogP contribution is 2.44. The van der Waals surface area contributed by atoms with Crippen LogP contribution in [0.5, 0.6) is 0 Å². The molecule has 1 saturated carbocycles. The van der Waals surface area contributed by atoms with E-state index in [1.165, 1.54) is 32.1 Å². The summed E-state index contributed by atoms with van der Waals surface area (Å²) in [6, 6.07) is 7.38. The Morgan fingerprint density at radius 3 is 2.48 bits per heavy atom. The molecule has 1 saturated heterocycles. The van der Waals surface area contributed by atoms with E-state index in [0.29, 0.717) is 12.2 Å². The molecule has 156 valence electrons. The van der Waals surface area contributed by atoms with Crippen molar-refractivity contribution in [1.29, 1.82) is 0 Å². The highest BCUT2D eigenvalue weighted by atomic mass is 16.5. The number of carbonyl (C=O) groups is 1. The van der Waals surface area contributed by atoms with Crippen LogP contribution in [0.4, 0.5) is 0 Å². The van der Waals surface area contributed by atoms with Gasteiger partial charge in [-0.25, -0.2) is 4.79 Å². The summed E-state index contributed by atoms with van der Waals surface area (Å²) in [7, 11) is 0. The van der Waals surface area contributed by atoms with Crippen LogP contribution < -0.4 is 0 Å². The molecule has 29 heavy (non-hydrogen) atoms. The molecule has 7 heteroatoms. The van der Waals surface area contributed by atoms with Crippen molar-refractivity contribution in [3.8, 4) is 5.69 Å². The molecule has 4 rings (SSSR count).